The van der Waals surface area contributed by atoms with Crippen molar-refractivity contribution in [1.82, 2.24) is 19.7 Å². The van der Waals surface area contributed by atoms with Crippen LogP contribution in [0.2, 0.25) is 0 Å². The molecule has 1 aliphatic heterocycles. The van der Waals surface area contributed by atoms with Gasteiger partial charge in [-0.05, 0) is 18.2 Å². The van der Waals surface area contributed by atoms with Crippen LogP contribution in [0.3, 0.4) is 0 Å². The second-order valence-electron chi connectivity index (χ2n) is 5.17. The van der Waals surface area contributed by atoms with Gasteiger partial charge in [-0.3, -0.25) is 14.5 Å². The Balaban J connectivity index is 1.73. The van der Waals surface area contributed by atoms with Crippen LogP contribution in [0.15, 0.2) is 30.6 Å². The zero-order valence-electron chi connectivity index (χ0n) is 12.7. The van der Waals surface area contributed by atoms with Crippen molar-refractivity contribution in [2.45, 2.75) is 6.10 Å². The van der Waals surface area contributed by atoms with E-state index in [2.05, 4.69) is 15.4 Å². The number of aromatic nitrogens is 3. The van der Waals surface area contributed by atoms with Gasteiger partial charge in [0, 0.05) is 26.8 Å². The average Bonchev–Trinajstić information content (AvgIpc) is 3.00. The predicted molar refractivity (Wildman–Crippen MR) is 81.6 cm³/mol. The van der Waals surface area contributed by atoms with Gasteiger partial charge in [-0.15, -0.1) is 0 Å². The summed E-state index contributed by atoms with van der Waals surface area (Å²) >= 11 is 0. The highest BCUT2D eigenvalue weighted by atomic mass is 16.5. The summed E-state index contributed by atoms with van der Waals surface area (Å²) in [4.78, 5) is 18.7. The van der Waals surface area contributed by atoms with E-state index >= 15 is 0 Å². The summed E-state index contributed by atoms with van der Waals surface area (Å²) in [6.07, 6.45) is 3.20. The number of anilines is 1. The maximum Gasteiger partial charge on any atom is 0.272 e. The Morgan fingerprint density at radius 3 is 2.91 bits per heavy atom. The number of rotatable bonds is 3. The molecule has 22 heavy (non-hydrogen) atoms. The highest BCUT2D eigenvalue weighted by Gasteiger charge is 2.28. The van der Waals surface area contributed by atoms with Crippen molar-refractivity contribution in [2.24, 2.45) is 7.05 Å². The van der Waals surface area contributed by atoms with E-state index < -0.39 is 0 Å². The Kier molecular flexibility index (Phi) is 4.06. The first-order chi connectivity index (χ1) is 10.7. The molecule has 116 valence electrons. The molecule has 0 aliphatic carbocycles. The zero-order valence-corrected chi connectivity index (χ0v) is 12.7. The van der Waals surface area contributed by atoms with E-state index in [0.717, 1.165) is 11.4 Å². The minimum absolute atomic E-state index is 0.0276. The lowest BCUT2D eigenvalue weighted by Gasteiger charge is -2.32. The summed E-state index contributed by atoms with van der Waals surface area (Å²) in [6, 6.07) is 5.61. The zero-order chi connectivity index (χ0) is 15.5. The molecular weight excluding hydrogens is 282 g/mol. The van der Waals surface area contributed by atoms with Gasteiger partial charge in [-0.1, -0.05) is 0 Å². The number of amides is 1. The first-order valence-electron chi connectivity index (χ1n) is 7.21. The highest BCUT2D eigenvalue weighted by Crippen LogP contribution is 2.22. The topological polar surface area (TPSA) is 72.3 Å². The number of ether oxygens (including phenoxy) is 1. The van der Waals surface area contributed by atoms with Crippen molar-refractivity contribution < 1.29 is 9.53 Å². The second kappa shape index (κ2) is 6.15. The van der Waals surface area contributed by atoms with Crippen LogP contribution in [-0.2, 0) is 11.8 Å². The summed E-state index contributed by atoms with van der Waals surface area (Å²) in [5, 5.41) is 7.08. The van der Waals surface area contributed by atoms with Gasteiger partial charge in [0.1, 0.15) is 11.8 Å². The van der Waals surface area contributed by atoms with Gasteiger partial charge in [0.2, 0.25) is 0 Å². The lowest BCUT2D eigenvalue weighted by atomic mass is 10.1. The molecule has 0 aromatic carbocycles. The molecule has 1 amide bonds. The molecule has 0 saturated carbocycles. The Hall–Kier alpha value is -2.41. The molecule has 1 fully saturated rings. The largest absolute Gasteiger partial charge is 0.387 e. The number of nitrogens with zero attached hydrogens (tertiary/aromatic N) is 4. The fourth-order valence-electron chi connectivity index (χ4n) is 2.50. The van der Waals surface area contributed by atoms with Crippen molar-refractivity contribution in [3.8, 4) is 0 Å². The van der Waals surface area contributed by atoms with Crippen molar-refractivity contribution in [3.63, 3.8) is 0 Å². The predicted octanol–water partition coefficient (Wildman–Crippen LogP) is 1.07. The molecule has 1 aliphatic rings. The Morgan fingerprint density at radius 2 is 2.27 bits per heavy atom. The number of carbonyl (C=O) groups is 1. The van der Waals surface area contributed by atoms with E-state index in [1.165, 1.54) is 0 Å². The number of morpholine rings is 1. The van der Waals surface area contributed by atoms with Gasteiger partial charge in [0.15, 0.2) is 0 Å². The number of pyridine rings is 1. The van der Waals surface area contributed by atoms with Crippen LogP contribution < -0.4 is 5.32 Å². The second-order valence-corrected chi connectivity index (χ2v) is 5.17. The fraction of sp³-hybridized carbons (Fsp3) is 0.400. The van der Waals surface area contributed by atoms with Gasteiger partial charge < -0.3 is 15.0 Å². The SMILES string of the molecule is CNc1ccc([C@@H]2CN(C(=O)c3ccnn3C)CCO2)nc1. The van der Waals surface area contributed by atoms with E-state index in [-0.39, 0.29) is 12.0 Å². The third kappa shape index (κ3) is 2.80. The molecule has 3 heterocycles. The van der Waals surface area contributed by atoms with E-state index in [1.54, 1.807) is 35.1 Å². The molecule has 2 aromatic heterocycles. The molecule has 1 saturated heterocycles. The maximum atomic E-state index is 12.5. The molecule has 7 heteroatoms. The summed E-state index contributed by atoms with van der Waals surface area (Å²) < 4.78 is 7.36. The van der Waals surface area contributed by atoms with Crippen LogP contribution in [0, 0.1) is 0 Å². The van der Waals surface area contributed by atoms with Gasteiger partial charge in [0.05, 0.1) is 30.7 Å². The summed E-state index contributed by atoms with van der Waals surface area (Å²) in [7, 11) is 3.62. The van der Waals surface area contributed by atoms with E-state index in [1.807, 2.05) is 19.2 Å². The Bertz CT molecular complexity index is 652. The Labute approximate surface area is 128 Å². The van der Waals surface area contributed by atoms with Crippen LogP contribution in [0.25, 0.3) is 0 Å². The van der Waals surface area contributed by atoms with Crippen LogP contribution >= 0.6 is 0 Å². The third-order valence-electron chi connectivity index (χ3n) is 3.80. The molecule has 1 N–H and O–H groups in total. The summed E-state index contributed by atoms with van der Waals surface area (Å²) in [5.41, 5.74) is 2.36. The molecule has 0 radical (unpaired) electrons. The highest BCUT2D eigenvalue weighted by molar-refractivity contribution is 5.92. The van der Waals surface area contributed by atoms with Crippen LogP contribution in [0.4, 0.5) is 5.69 Å². The first kappa shape index (κ1) is 14.5. The van der Waals surface area contributed by atoms with Crippen LogP contribution in [0.1, 0.15) is 22.3 Å². The fourth-order valence-corrected chi connectivity index (χ4v) is 2.50. The van der Waals surface area contributed by atoms with Crippen molar-refractivity contribution in [2.75, 3.05) is 32.1 Å². The average molecular weight is 301 g/mol. The van der Waals surface area contributed by atoms with E-state index in [9.17, 15) is 4.79 Å². The van der Waals surface area contributed by atoms with E-state index in [0.29, 0.717) is 25.4 Å². The lowest BCUT2D eigenvalue weighted by molar-refractivity contribution is -0.0250. The first-order valence-corrected chi connectivity index (χ1v) is 7.21. The van der Waals surface area contributed by atoms with Crippen LogP contribution in [-0.4, -0.2) is 52.3 Å². The van der Waals surface area contributed by atoms with Crippen molar-refractivity contribution in [1.29, 1.82) is 0 Å². The molecule has 2 aromatic rings. The minimum atomic E-state index is -0.197. The lowest BCUT2D eigenvalue weighted by Crippen LogP contribution is -2.43. The molecule has 3 rings (SSSR count). The maximum absolute atomic E-state index is 12.5. The smallest absolute Gasteiger partial charge is 0.272 e. The standard InChI is InChI=1S/C15H19N5O2/c1-16-11-3-4-12(17-9-11)14-10-20(7-8-22-14)15(21)13-5-6-18-19(13)2/h3-6,9,14,16H,7-8,10H2,1-2H3/t14-/m0/s1. The van der Waals surface area contributed by atoms with Crippen LogP contribution in [0.5, 0.6) is 0 Å². The number of carbonyl (C=O) groups excluding carboxylic acids is 1. The minimum Gasteiger partial charge on any atom is -0.387 e. The third-order valence-corrected chi connectivity index (χ3v) is 3.80. The van der Waals surface area contributed by atoms with Gasteiger partial charge in [0.25, 0.3) is 5.91 Å². The van der Waals surface area contributed by atoms with E-state index in [4.69, 9.17) is 4.74 Å². The normalized spacial score (nSPS) is 18.3. The number of hydrogen-bond acceptors (Lipinski definition) is 5. The molecule has 0 unspecified atom stereocenters. The number of nitrogens with one attached hydrogen (secondary N) is 1. The number of hydrogen-bond donors (Lipinski definition) is 1. The van der Waals surface area contributed by atoms with Gasteiger partial charge in [-0.2, -0.15) is 5.10 Å². The molecule has 1 atom stereocenters. The quantitative estimate of drug-likeness (QED) is 0.918. The molecule has 0 spiro atoms. The molecule has 7 nitrogen and oxygen atoms in total. The van der Waals surface area contributed by atoms with Crippen molar-refractivity contribution >= 4 is 11.6 Å². The molecule has 0 bridgehead atoms. The van der Waals surface area contributed by atoms with Gasteiger partial charge in [-0.25, -0.2) is 0 Å². The van der Waals surface area contributed by atoms with Crippen molar-refractivity contribution in [3.05, 3.63) is 42.0 Å². The monoisotopic (exact) mass is 301 g/mol. The Morgan fingerprint density at radius 1 is 1.41 bits per heavy atom. The summed E-state index contributed by atoms with van der Waals surface area (Å²) in [5.74, 6) is -0.0276. The summed E-state index contributed by atoms with van der Waals surface area (Å²) in [6.45, 7) is 1.58. The molecular formula is C15H19N5O2. The van der Waals surface area contributed by atoms with Gasteiger partial charge >= 0.3 is 0 Å². The number of aryl methyl sites for hydroxylation is 1.